The molecule has 2 aliphatic rings. The molecule has 0 aromatic rings. The molecule has 0 bridgehead atoms. The smallest absolute Gasteiger partial charge is 0.545 e. The van der Waals surface area contributed by atoms with Gasteiger partial charge >= 0.3 is 35.7 Å². The fourth-order valence-electron chi connectivity index (χ4n) is 2.46. The number of allylic oxidation sites excluding steroid dienone is 1. The van der Waals surface area contributed by atoms with Gasteiger partial charge in [0.1, 0.15) is 0 Å². The van der Waals surface area contributed by atoms with Crippen molar-refractivity contribution in [2.45, 2.75) is 19.6 Å². The molecule has 3 unspecified atom stereocenters. The second-order valence-electron chi connectivity index (χ2n) is 4.96. The Bertz CT molecular complexity index is 471. The molecular formula is C13H16NNaO5. The topological polar surface area (TPSA) is 78.9 Å². The molecule has 6 nitrogen and oxygen atoms in total. The van der Waals surface area contributed by atoms with Crippen molar-refractivity contribution in [3.05, 3.63) is 23.5 Å². The molecule has 7 heteroatoms. The number of rotatable bonds is 2. The SMILES string of the molecule is CC1=CCC2C(C(=O)[O-])=COC(OC(=O)N(C)C)C12.[Na+]. The van der Waals surface area contributed by atoms with Crippen molar-refractivity contribution in [3.63, 3.8) is 0 Å². The van der Waals surface area contributed by atoms with Crippen LogP contribution in [0.4, 0.5) is 4.79 Å². The Kier molecular flexibility index (Phi) is 5.68. The predicted molar refractivity (Wildman–Crippen MR) is 63.5 cm³/mol. The first-order valence-corrected chi connectivity index (χ1v) is 6.03. The Hall–Kier alpha value is -0.980. The van der Waals surface area contributed by atoms with Crippen molar-refractivity contribution >= 4 is 12.1 Å². The number of hydrogen-bond acceptors (Lipinski definition) is 5. The zero-order valence-corrected chi connectivity index (χ0v) is 14.1. The maximum atomic E-state index is 11.6. The molecule has 1 aliphatic heterocycles. The van der Waals surface area contributed by atoms with Gasteiger partial charge in [-0.3, -0.25) is 0 Å². The summed E-state index contributed by atoms with van der Waals surface area (Å²) in [6.07, 6.45) is 2.36. The van der Waals surface area contributed by atoms with Crippen molar-refractivity contribution in [2.75, 3.05) is 14.1 Å². The molecule has 0 fully saturated rings. The number of carboxylic acid groups (broad SMARTS) is 1. The fraction of sp³-hybridized carbons (Fsp3) is 0.538. The second-order valence-corrected chi connectivity index (χ2v) is 4.96. The van der Waals surface area contributed by atoms with Crippen LogP contribution in [0.15, 0.2) is 23.5 Å². The average Bonchev–Trinajstić information content (AvgIpc) is 2.72. The first-order valence-electron chi connectivity index (χ1n) is 6.03. The molecule has 0 spiro atoms. The molecule has 0 aromatic heterocycles. The van der Waals surface area contributed by atoms with E-state index in [1.807, 2.05) is 13.0 Å². The van der Waals surface area contributed by atoms with Crippen molar-refractivity contribution < 1.29 is 53.7 Å². The number of fused-ring (bicyclic) bond motifs is 1. The molecule has 0 saturated carbocycles. The summed E-state index contributed by atoms with van der Waals surface area (Å²) in [5.41, 5.74) is 1.09. The number of carbonyl (C=O) groups is 2. The molecule has 0 aromatic carbocycles. The van der Waals surface area contributed by atoms with Gasteiger partial charge in [0.25, 0.3) is 6.29 Å². The molecule has 20 heavy (non-hydrogen) atoms. The zero-order chi connectivity index (χ0) is 14.2. The number of amides is 1. The summed E-state index contributed by atoms with van der Waals surface area (Å²) in [7, 11) is 3.14. The standard InChI is InChI=1S/C13H17NO5.Na/c1-7-4-5-8-9(11(15)16)6-18-12(10(7)8)19-13(17)14(2)3;/h4,6,8,10,12H,5H2,1-3H3,(H,15,16);/q;+1/p-1. The summed E-state index contributed by atoms with van der Waals surface area (Å²) in [6, 6.07) is 0. The Balaban J connectivity index is 0.00000200. The number of carboxylic acids is 1. The van der Waals surface area contributed by atoms with Crippen LogP contribution in [0.2, 0.25) is 0 Å². The van der Waals surface area contributed by atoms with E-state index in [4.69, 9.17) is 9.47 Å². The maximum Gasteiger partial charge on any atom is 1.00 e. The minimum atomic E-state index is -1.24. The fourth-order valence-corrected chi connectivity index (χ4v) is 2.46. The van der Waals surface area contributed by atoms with Gasteiger partial charge in [0.2, 0.25) is 0 Å². The molecule has 0 saturated heterocycles. The van der Waals surface area contributed by atoms with Gasteiger partial charge in [-0.1, -0.05) is 11.6 Å². The van der Waals surface area contributed by atoms with E-state index in [1.165, 1.54) is 4.90 Å². The summed E-state index contributed by atoms with van der Waals surface area (Å²) in [6.45, 7) is 1.88. The van der Waals surface area contributed by atoms with Crippen LogP contribution >= 0.6 is 0 Å². The third-order valence-corrected chi connectivity index (χ3v) is 3.49. The number of nitrogens with zero attached hydrogens (tertiary/aromatic N) is 1. The van der Waals surface area contributed by atoms with Crippen LogP contribution in [-0.2, 0) is 14.3 Å². The largest absolute Gasteiger partial charge is 1.00 e. The summed E-state index contributed by atoms with van der Waals surface area (Å²) in [4.78, 5) is 23.9. The molecular weight excluding hydrogens is 273 g/mol. The Morgan fingerprint density at radius 2 is 2.10 bits per heavy atom. The van der Waals surface area contributed by atoms with Crippen LogP contribution in [0.25, 0.3) is 0 Å². The van der Waals surface area contributed by atoms with E-state index < -0.39 is 18.4 Å². The maximum absolute atomic E-state index is 11.6. The molecule has 1 amide bonds. The van der Waals surface area contributed by atoms with Crippen LogP contribution in [0, 0.1) is 11.8 Å². The Labute approximate surface area is 139 Å². The van der Waals surface area contributed by atoms with Crippen molar-refractivity contribution in [3.8, 4) is 0 Å². The quantitative estimate of drug-likeness (QED) is 0.407. The third kappa shape index (κ3) is 3.19. The number of carbonyl (C=O) groups excluding carboxylic acids is 2. The van der Waals surface area contributed by atoms with Crippen LogP contribution in [0.3, 0.4) is 0 Å². The summed E-state index contributed by atoms with van der Waals surface area (Å²) in [5.74, 6) is -1.75. The Morgan fingerprint density at radius 3 is 2.65 bits per heavy atom. The molecule has 104 valence electrons. The minimum Gasteiger partial charge on any atom is -0.545 e. The number of hydrogen-bond donors (Lipinski definition) is 0. The van der Waals surface area contributed by atoms with Gasteiger partial charge in [-0.05, 0) is 13.3 Å². The van der Waals surface area contributed by atoms with E-state index >= 15 is 0 Å². The second kappa shape index (κ2) is 6.65. The van der Waals surface area contributed by atoms with Gasteiger partial charge in [0.05, 0.1) is 18.1 Å². The molecule has 1 heterocycles. The first-order chi connectivity index (χ1) is 8.91. The monoisotopic (exact) mass is 289 g/mol. The van der Waals surface area contributed by atoms with E-state index in [-0.39, 0.29) is 47.0 Å². The van der Waals surface area contributed by atoms with Gasteiger partial charge in [-0.2, -0.15) is 0 Å². The van der Waals surface area contributed by atoms with Gasteiger partial charge in [0.15, 0.2) is 0 Å². The van der Waals surface area contributed by atoms with E-state index in [1.54, 1.807) is 14.1 Å². The number of ether oxygens (including phenoxy) is 2. The van der Waals surface area contributed by atoms with Gasteiger partial charge in [0, 0.05) is 25.6 Å². The average molecular weight is 289 g/mol. The van der Waals surface area contributed by atoms with Crippen LogP contribution in [0.5, 0.6) is 0 Å². The predicted octanol–water partition coefficient (Wildman–Crippen LogP) is -2.74. The van der Waals surface area contributed by atoms with Gasteiger partial charge < -0.3 is 24.3 Å². The molecule has 1 aliphatic carbocycles. The van der Waals surface area contributed by atoms with E-state index in [0.29, 0.717) is 6.42 Å². The van der Waals surface area contributed by atoms with Crippen LogP contribution < -0.4 is 34.7 Å². The van der Waals surface area contributed by atoms with Crippen LogP contribution in [-0.4, -0.2) is 37.3 Å². The number of aliphatic carboxylic acids is 1. The summed E-state index contributed by atoms with van der Waals surface area (Å²) in [5, 5.41) is 11.0. The van der Waals surface area contributed by atoms with E-state index in [2.05, 4.69) is 0 Å². The summed E-state index contributed by atoms with van der Waals surface area (Å²) < 4.78 is 10.5. The van der Waals surface area contributed by atoms with Crippen molar-refractivity contribution in [1.29, 1.82) is 0 Å². The Morgan fingerprint density at radius 1 is 1.45 bits per heavy atom. The minimum absolute atomic E-state index is 0. The van der Waals surface area contributed by atoms with E-state index in [0.717, 1.165) is 11.8 Å². The third-order valence-electron chi connectivity index (χ3n) is 3.49. The normalized spacial score (nSPS) is 27.2. The van der Waals surface area contributed by atoms with Crippen molar-refractivity contribution in [2.24, 2.45) is 11.8 Å². The zero-order valence-electron chi connectivity index (χ0n) is 12.1. The van der Waals surface area contributed by atoms with E-state index in [9.17, 15) is 14.7 Å². The van der Waals surface area contributed by atoms with Gasteiger partial charge in [-0.25, -0.2) is 4.79 Å². The molecule has 2 rings (SSSR count). The van der Waals surface area contributed by atoms with Crippen LogP contribution in [0.1, 0.15) is 13.3 Å². The molecule has 0 N–H and O–H groups in total. The molecule has 0 radical (unpaired) electrons. The first kappa shape index (κ1) is 17.1. The molecule has 3 atom stereocenters. The van der Waals surface area contributed by atoms with Crippen molar-refractivity contribution in [1.82, 2.24) is 4.90 Å². The van der Waals surface area contributed by atoms with Gasteiger partial charge in [-0.15, -0.1) is 0 Å². The summed E-state index contributed by atoms with van der Waals surface area (Å²) >= 11 is 0.